The van der Waals surface area contributed by atoms with Crippen LogP contribution in [-0.2, 0) is 22.6 Å². The van der Waals surface area contributed by atoms with Crippen molar-refractivity contribution >= 4 is 28.3 Å². The number of hydrogen-bond donors (Lipinski definition) is 0. The van der Waals surface area contributed by atoms with Crippen molar-refractivity contribution in [1.29, 1.82) is 0 Å². The SMILES string of the molecule is O=C(Cc1ccc(Cl)cc1)OCc1ccc2ccccc2c1. The highest BCUT2D eigenvalue weighted by molar-refractivity contribution is 6.30. The summed E-state index contributed by atoms with van der Waals surface area (Å²) in [6.07, 6.45) is 0.255. The Balaban J connectivity index is 1.60. The van der Waals surface area contributed by atoms with Gasteiger partial charge in [0.1, 0.15) is 6.61 Å². The summed E-state index contributed by atoms with van der Waals surface area (Å²) in [6.45, 7) is 0.289. The van der Waals surface area contributed by atoms with Gasteiger partial charge in [-0.3, -0.25) is 4.79 Å². The van der Waals surface area contributed by atoms with Gasteiger partial charge in [0.2, 0.25) is 0 Å². The number of hydrogen-bond acceptors (Lipinski definition) is 2. The standard InChI is InChI=1S/C19H15ClO2/c20-18-9-6-14(7-10-18)12-19(21)22-13-15-5-8-16-3-1-2-4-17(16)11-15/h1-11H,12-13H2. The average molecular weight is 311 g/mol. The third kappa shape index (κ3) is 3.66. The van der Waals surface area contributed by atoms with E-state index in [0.717, 1.165) is 16.5 Å². The van der Waals surface area contributed by atoms with E-state index in [9.17, 15) is 4.79 Å². The molecule has 3 rings (SSSR count). The van der Waals surface area contributed by atoms with Crippen LogP contribution < -0.4 is 0 Å². The van der Waals surface area contributed by atoms with Crippen molar-refractivity contribution < 1.29 is 9.53 Å². The zero-order valence-electron chi connectivity index (χ0n) is 12.0. The maximum Gasteiger partial charge on any atom is 0.310 e. The number of esters is 1. The Hall–Kier alpha value is -2.32. The summed E-state index contributed by atoms with van der Waals surface area (Å²) in [5, 5.41) is 2.99. The van der Waals surface area contributed by atoms with Crippen LogP contribution in [0, 0.1) is 0 Å². The zero-order valence-corrected chi connectivity index (χ0v) is 12.7. The molecule has 3 heteroatoms. The van der Waals surface area contributed by atoms with E-state index in [4.69, 9.17) is 16.3 Å². The predicted octanol–water partition coefficient (Wildman–Crippen LogP) is 4.78. The molecule has 2 nitrogen and oxygen atoms in total. The summed E-state index contributed by atoms with van der Waals surface area (Å²) in [4.78, 5) is 11.9. The summed E-state index contributed by atoms with van der Waals surface area (Å²) >= 11 is 5.82. The molecule has 0 fully saturated rings. The van der Waals surface area contributed by atoms with Gasteiger partial charge in [-0.1, -0.05) is 60.1 Å². The van der Waals surface area contributed by atoms with Crippen LogP contribution in [0.5, 0.6) is 0 Å². The van der Waals surface area contributed by atoms with Gasteiger partial charge in [0.05, 0.1) is 6.42 Å². The van der Waals surface area contributed by atoms with Crippen LogP contribution in [0.25, 0.3) is 10.8 Å². The molecule has 0 aliphatic carbocycles. The Bertz CT molecular complexity index is 794. The first-order chi connectivity index (χ1) is 10.7. The molecule has 0 atom stereocenters. The molecule has 0 amide bonds. The molecule has 0 spiro atoms. The van der Waals surface area contributed by atoms with Crippen LogP contribution in [0.15, 0.2) is 66.7 Å². The average Bonchev–Trinajstić information content (AvgIpc) is 2.55. The van der Waals surface area contributed by atoms with E-state index in [1.807, 2.05) is 48.5 Å². The lowest BCUT2D eigenvalue weighted by atomic mass is 10.1. The molecule has 0 bridgehead atoms. The summed E-state index contributed by atoms with van der Waals surface area (Å²) in [7, 11) is 0. The fourth-order valence-corrected chi connectivity index (χ4v) is 2.44. The normalized spacial score (nSPS) is 10.6. The second kappa shape index (κ2) is 6.63. The Morgan fingerprint density at radius 2 is 1.55 bits per heavy atom. The Morgan fingerprint density at radius 1 is 0.864 bits per heavy atom. The monoisotopic (exact) mass is 310 g/mol. The number of carbonyl (C=O) groups excluding carboxylic acids is 1. The van der Waals surface area contributed by atoms with E-state index >= 15 is 0 Å². The molecule has 0 radical (unpaired) electrons. The van der Waals surface area contributed by atoms with Gasteiger partial charge in [0.15, 0.2) is 0 Å². The second-order valence-corrected chi connectivity index (χ2v) is 5.58. The number of halogens is 1. The van der Waals surface area contributed by atoms with Crippen molar-refractivity contribution in [3.8, 4) is 0 Å². The molecule has 3 aromatic rings. The smallest absolute Gasteiger partial charge is 0.310 e. The molecule has 0 unspecified atom stereocenters. The minimum absolute atomic E-state index is 0.240. The molecule has 3 aromatic carbocycles. The first kappa shape index (κ1) is 14.6. The van der Waals surface area contributed by atoms with Crippen molar-refractivity contribution in [3.05, 3.63) is 82.9 Å². The van der Waals surface area contributed by atoms with Crippen LogP contribution in [0.2, 0.25) is 5.02 Å². The van der Waals surface area contributed by atoms with Crippen molar-refractivity contribution in [2.45, 2.75) is 13.0 Å². The number of carbonyl (C=O) groups is 1. The molecule has 0 aromatic heterocycles. The van der Waals surface area contributed by atoms with Gasteiger partial charge in [0, 0.05) is 5.02 Å². The number of benzene rings is 3. The lowest BCUT2D eigenvalue weighted by molar-refractivity contribution is -0.144. The summed E-state index contributed by atoms with van der Waals surface area (Å²) in [5.74, 6) is -0.240. The third-order valence-corrected chi connectivity index (χ3v) is 3.73. The van der Waals surface area contributed by atoms with Crippen molar-refractivity contribution in [2.24, 2.45) is 0 Å². The molecule has 0 saturated heterocycles. The fourth-order valence-electron chi connectivity index (χ4n) is 2.31. The van der Waals surface area contributed by atoms with Crippen molar-refractivity contribution in [2.75, 3.05) is 0 Å². The number of rotatable bonds is 4. The Labute approximate surface area is 134 Å². The largest absolute Gasteiger partial charge is 0.461 e. The Morgan fingerprint density at radius 3 is 2.32 bits per heavy atom. The highest BCUT2D eigenvalue weighted by Crippen LogP contribution is 2.16. The topological polar surface area (TPSA) is 26.3 Å². The molecule has 110 valence electrons. The van der Waals surface area contributed by atoms with Crippen molar-refractivity contribution in [3.63, 3.8) is 0 Å². The van der Waals surface area contributed by atoms with Crippen LogP contribution in [0.4, 0.5) is 0 Å². The van der Waals surface area contributed by atoms with E-state index in [2.05, 4.69) is 6.07 Å². The van der Waals surface area contributed by atoms with E-state index in [-0.39, 0.29) is 19.0 Å². The first-order valence-corrected chi connectivity index (χ1v) is 7.46. The highest BCUT2D eigenvalue weighted by atomic mass is 35.5. The molecular weight excluding hydrogens is 296 g/mol. The lowest BCUT2D eigenvalue weighted by Crippen LogP contribution is -2.07. The van der Waals surface area contributed by atoms with Gasteiger partial charge in [-0.2, -0.15) is 0 Å². The van der Waals surface area contributed by atoms with Crippen LogP contribution in [0.1, 0.15) is 11.1 Å². The molecule has 0 aliphatic rings. The van der Waals surface area contributed by atoms with E-state index in [1.165, 1.54) is 5.39 Å². The summed E-state index contributed by atoms with van der Waals surface area (Å²) in [5.41, 5.74) is 1.89. The Kier molecular flexibility index (Phi) is 4.40. The van der Waals surface area contributed by atoms with Crippen LogP contribution in [-0.4, -0.2) is 5.97 Å². The summed E-state index contributed by atoms with van der Waals surface area (Å²) < 4.78 is 5.34. The van der Waals surface area contributed by atoms with E-state index in [0.29, 0.717) is 5.02 Å². The van der Waals surface area contributed by atoms with Gasteiger partial charge in [-0.15, -0.1) is 0 Å². The van der Waals surface area contributed by atoms with Crippen LogP contribution in [0.3, 0.4) is 0 Å². The van der Waals surface area contributed by atoms with E-state index in [1.54, 1.807) is 12.1 Å². The lowest BCUT2D eigenvalue weighted by Gasteiger charge is -2.06. The molecule has 0 heterocycles. The van der Waals surface area contributed by atoms with Gasteiger partial charge >= 0.3 is 5.97 Å². The number of fused-ring (bicyclic) bond motifs is 1. The van der Waals surface area contributed by atoms with Crippen LogP contribution >= 0.6 is 11.6 Å². The third-order valence-electron chi connectivity index (χ3n) is 3.48. The zero-order chi connectivity index (χ0) is 15.4. The van der Waals surface area contributed by atoms with Gasteiger partial charge < -0.3 is 4.74 Å². The predicted molar refractivity (Wildman–Crippen MR) is 88.9 cm³/mol. The van der Waals surface area contributed by atoms with Gasteiger partial charge in [-0.25, -0.2) is 0 Å². The number of ether oxygens (including phenoxy) is 1. The first-order valence-electron chi connectivity index (χ1n) is 7.08. The van der Waals surface area contributed by atoms with Crippen molar-refractivity contribution in [1.82, 2.24) is 0 Å². The van der Waals surface area contributed by atoms with Gasteiger partial charge in [0.25, 0.3) is 0 Å². The highest BCUT2D eigenvalue weighted by Gasteiger charge is 2.06. The maximum absolute atomic E-state index is 11.9. The second-order valence-electron chi connectivity index (χ2n) is 5.15. The summed E-state index contributed by atoms with van der Waals surface area (Å²) in [6, 6.07) is 21.4. The quantitative estimate of drug-likeness (QED) is 0.648. The van der Waals surface area contributed by atoms with Gasteiger partial charge in [-0.05, 0) is 40.1 Å². The maximum atomic E-state index is 11.9. The minimum atomic E-state index is -0.240. The molecule has 0 saturated carbocycles. The molecular formula is C19H15ClO2. The molecule has 22 heavy (non-hydrogen) atoms. The van der Waals surface area contributed by atoms with E-state index < -0.39 is 0 Å². The minimum Gasteiger partial charge on any atom is -0.461 e. The molecule has 0 aliphatic heterocycles. The fraction of sp³-hybridized carbons (Fsp3) is 0.105. The molecule has 0 N–H and O–H groups in total.